The standard InChI is InChI=1S/C16H16N2O3/c17-10-13-8-4-5-9-14(13)18-15(19)11-21-16(20)12-6-2-1-3-7-12/h1-2,4-5,8-9,12H,3,6-7,11H2,(H,18,19)/t12-/m0/s1. The molecule has 0 aliphatic heterocycles. The third kappa shape index (κ3) is 4.18. The third-order valence-corrected chi connectivity index (χ3v) is 3.27. The Hall–Kier alpha value is -2.61. The van der Waals surface area contributed by atoms with Crippen LogP contribution < -0.4 is 5.32 Å². The number of carbonyl (C=O) groups is 2. The summed E-state index contributed by atoms with van der Waals surface area (Å²) in [5.41, 5.74) is 0.788. The van der Waals surface area contributed by atoms with E-state index in [0.29, 0.717) is 17.7 Å². The predicted molar refractivity (Wildman–Crippen MR) is 77.2 cm³/mol. The summed E-state index contributed by atoms with van der Waals surface area (Å²) in [6.07, 6.45) is 6.28. The lowest BCUT2D eigenvalue weighted by atomic mass is 9.95. The van der Waals surface area contributed by atoms with Gasteiger partial charge in [-0.2, -0.15) is 5.26 Å². The van der Waals surface area contributed by atoms with Crippen molar-refractivity contribution in [1.29, 1.82) is 5.26 Å². The number of hydrogen-bond acceptors (Lipinski definition) is 4. The minimum absolute atomic E-state index is 0.158. The van der Waals surface area contributed by atoms with Crippen molar-refractivity contribution < 1.29 is 14.3 Å². The maximum absolute atomic E-state index is 11.8. The summed E-state index contributed by atoms with van der Waals surface area (Å²) in [6.45, 7) is -0.335. The van der Waals surface area contributed by atoms with E-state index in [4.69, 9.17) is 10.00 Å². The van der Waals surface area contributed by atoms with Gasteiger partial charge in [0, 0.05) is 0 Å². The van der Waals surface area contributed by atoms with Crippen LogP contribution in [-0.2, 0) is 14.3 Å². The molecule has 0 aromatic heterocycles. The first-order valence-corrected chi connectivity index (χ1v) is 6.81. The van der Waals surface area contributed by atoms with Crippen molar-refractivity contribution in [3.05, 3.63) is 42.0 Å². The zero-order valence-corrected chi connectivity index (χ0v) is 11.5. The van der Waals surface area contributed by atoms with E-state index in [0.717, 1.165) is 12.8 Å². The molecule has 1 aliphatic carbocycles. The molecule has 0 saturated carbocycles. The van der Waals surface area contributed by atoms with Crippen molar-refractivity contribution in [3.8, 4) is 6.07 Å². The minimum atomic E-state index is -0.447. The second-order valence-corrected chi connectivity index (χ2v) is 4.79. The van der Waals surface area contributed by atoms with Gasteiger partial charge in [-0.05, 0) is 31.4 Å². The van der Waals surface area contributed by atoms with E-state index in [1.54, 1.807) is 24.3 Å². The largest absolute Gasteiger partial charge is 0.455 e. The van der Waals surface area contributed by atoms with Crippen LogP contribution in [0.5, 0.6) is 0 Å². The molecule has 0 unspecified atom stereocenters. The van der Waals surface area contributed by atoms with E-state index < -0.39 is 5.91 Å². The number of benzene rings is 1. The lowest BCUT2D eigenvalue weighted by Gasteiger charge is -2.16. The van der Waals surface area contributed by atoms with Gasteiger partial charge in [0.15, 0.2) is 6.61 Å². The summed E-state index contributed by atoms with van der Waals surface area (Å²) in [6, 6.07) is 8.66. The van der Waals surface area contributed by atoms with Crippen LogP contribution in [0.2, 0.25) is 0 Å². The third-order valence-electron chi connectivity index (χ3n) is 3.27. The topological polar surface area (TPSA) is 79.2 Å². The SMILES string of the molecule is N#Cc1ccccc1NC(=O)COC(=O)[C@H]1CC=CCC1. The molecule has 1 aliphatic rings. The molecule has 21 heavy (non-hydrogen) atoms. The number of allylic oxidation sites excluding steroid dienone is 2. The van der Waals surface area contributed by atoms with Gasteiger partial charge in [-0.3, -0.25) is 9.59 Å². The Balaban J connectivity index is 1.83. The second kappa shape index (κ2) is 7.25. The Morgan fingerprint density at radius 3 is 2.86 bits per heavy atom. The monoisotopic (exact) mass is 284 g/mol. The first-order valence-electron chi connectivity index (χ1n) is 6.81. The van der Waals surface area contributed by atoms with Crippen LogP contribution >= 0.6 is 0 Å². The summed E-state index contributed by atoms with van der Waals surface area (Å²) in [7, 11) is 0. The van der Waals surface area contributed by atoms with Crippen LogP contribution in [-0.4, -0.2) is 18.5 Å². The number of nitriles is 1. The fraction of sp³-hybridized carbons (Fsp3) is 0.312. The summed E-state index contributed by atoms with van der Waals surface area (Å²) in [4.78, 5) is 23.5. The van der Waals surface area contributed by atoms with Gasteiger partial charge in [0.25, 0.3) is 5.91 Å². The maximum Gasteiger partial charge on any atom is 0.309 e. The van der Waals surface area contributed by atoms with Crippen molar-refractivity contribution in [1.82, 2.24) is 0 Å². The molecule has 5 nitrogen and oxygen atoms in total. The molecule has 1 amide bonds. The summed E-state index contributed by atoms with van der Waals surface area (Å²) in [5, 5.41) is 11.5. The van der Waals surface area contributed by atoms with Crippen LogP contribution in [0.1, 0.15) is 24.8 Å². The van der Waals surface area contributed by atoms with E-state index in [-0.39, 0.29) is 18.5 Å². The highest BCUT2D eigenvalue weighted by Gasteiger charge is 2.21. The minimum Gasteiger partial charge on any atom is -0.455 e. The molecule has 0 fully saturated rings. The molecule has 0 radical (unpaired) electrons. The van der Waals surface area contributed by atoms with E-state index in [9.17, 15) is 9.59 Å². The molecular weight excluding hydrogens is 268 g/mol. The molecule has 1 aromatic rings. The fourth-order valence-electron chi connectivity index (χ4n) is 2.14. The van der Waals surface area contributed by atoms with Crippen molar-refractivity contribution >= 4 is 17.6 Å². The normalized spacial score (nSPS) is 16.8. The number of esters is 1. The molecule has 108 valence electrons. The fourth-order valence-corrected chi connectivity index (χ4v) is 2.14. The second-order valence-electron chi connectivity index (χ2n) is 4.79. The Morgan fingerprint density at radius 2 is 2.14 bits per heavy atom. The number of ether oxygens (including phenoxy) is 1. The number of anilines is 1. The molecule has 2 rings (SSSR count). The number of carbonyl (C=O) groups excluding carboxylic acids is 2. The predicted octanol–water partition coefficient (Wildman–Crippen LogP) is 2.40. The molecule has 0 heterocycles. The highest BCUT2D eigenvalue weighted by Crippen LogP contribution is 2.19. The Kier molecular flexibility index (Phi) is 5.10. The summed E-state index contributed by atoms with van der Waals surface area (Å²) < 4.78 is 5.02. The van der Waals surface area contributed by atoms with Crippen LogP contribution in [0.25, 0.3) is 0 Å². The van der Waals surface area contributed by atoms with Gasteiger partial charge in [0.2, 0.25) is 0 Å². The van der Waals surface area contributed by atoms with E-state index in [1.807, 2.05) is 18.2 Å². The first-order chi connectivity index (χ1) is 10.2. The van der Waals surface area contributed by atoms with Gasteiger partial charge in [-0.1, -0.05) is 24.3 Å². The molecule has 0 saturated heterocycles. The van der Waals surface area contributed by atoms with E-state index in [2.05, 4.69) is 5.32 Å². The molecule has 0 bridgehead atoms. The van der Waals surface area contributed by atoms with Crippen molar-refractivity contribution in [2.75, 3.05) is 11.9 Å². The number of hydrogen-bond donors (Lipinski definition) is 1. The van der Waals surface area contributed by atoms with Crippen molar-refractivity contribution in [3.63, 3.8) is 0 Å². The van der Waals surface area contributed by atoms with Gasteiger partial charge in [0.1, 0.15) is 6.07 Å². The molecule has 0 spiro atoms. The Labute approximate surface area is 123 Å². The lowest BCUT2D eigenvalue weighted by molar-refractivity contribution is -0.151. The van der Waals surface area contributed by atoms with Crippen molar-refractivity contribution in [2.24, 2.45) is 5.92 Å². The van der Waals surface area contributed by atoms with Gasteiger partial charge in [0.05, 0.1) is 17.2 Å². The number of rotatable bonds is 4. The van der Waals surface area contributed by atoms with E-state index >= 15 is 0 Å². The average molecular weight is 284 g/mol. The number of nitrogens with one attached hydrogen (secondary N) is 1. The highest BCUT2D eigenvalue weighted by molar-refractivity contribution is 5.94. The Morgan fingerprint density at radius 1 is 1.33 bits per heavy atom. The van der Waals surface area contributed by atoms with Gasteiger partial charge in [-0.15, -0.1) is 0 Å². The van der Waals surface area contributed by atoms with Crippen LogP contribution in [0.15, 0.2) is 36.4 Å². The summed E-state index contributed by atoms with van der Waals surface area (Å²) >= 11 is 0. The average Bonchev–Trinajstić information content (AvgIpc) is 2.54. The maximum atomic E-state index is 11.8. The van der Waals surface area contributed by atoms with Gasteiger partial charge < -0.3 is 10.1 Å². The van der Waals surface area contributed by atoms with Crippen LogP contribution in [0.4, 0.5) is 5.69 Å². The van der Waals surface area contributed by atoms with Crippen LogP contribution in [0, 0.1) is 17.2 Å². The number of nitrogens with zero attached hydrogens (tertiary/aromatic N) is 1. The van der Waals surface area contributed by atoms with Gasteiger partial charge in [-0.25, -0.2) is 0 Å². The first kappa shape index (κ1) is 14.8. The molecule has 5 heteroatoms. The zero-order chi connectivity index (χ0) is 15.1. The van der Waals surface area contributed by atoms with Crippen molar-refractivity contribution in [2.45, 2.75) is 19.3 Å². The quantitative estimate of drug-likeness (QED) is 0.680. The molecular formula is C16H16N2O3. The highest BCUT2D eigenvalue weighted by atomic mass is 16.5. The number of amides is 1. The molecule has 1 N–H and O–H groups in total. The lowest BCUT2D eigenvalue weighted by Crippen LogP contribution is -2.25. The zero-order valence-electron chi connectivity index (χ0n) is 11.5. The van der Waals surface area contributed by atoms with Crippen LogP contribution in [0.3, 0.4) is 0 Å². The van der Waals surface area contributed by atoms with E-state index in [1.165, 1.54) is 0 Å². The molecule has 1 atom stereocenters. The summed E-state index contributed by atoms with van der Waals surface area (Å²) in [5.74, 6) is -0.949. The molecule has 1 aromatic carbocycles. The Bertz CT molecular complexity index is 602. The number of para-hydroxylation sites is 1. The smallest absolute Gasteiger partial charge is 0.309 e. The van der Waals surface area contributed by atoms with Gasteiger partial charge >= 0.3 is 5.97 Å².